The highest BCUT2D eigenvalue weighted by Gasteiger charge is 2.15. The molecule has 0 bridgehead atoms. The number of carbonyl (C=O) groups is 1. The Hall–Kier alpha value is -2.50. The van der Waals surface area contributed by atoms with Crippen molar-refractivity contribution in [3.63, 3.8) is 0 Å². The van der Waals surface area contributed by atoms with E-state index in [4.69, 9.17) is 9.47 Å². The first-order valence-electron chi connectivity index (χ1n) is 7.00. The maximum atomic E-state index is 12.3. The van der Waals surface area contributed by atoms with Crippen LogP contribution < -0.4 is 14.8 Å². The van der Waals surface area contributed by atoms with E-state index in [9.17, 15) is 4.79 Å². The zero-order valence-electron chi connectivity index (χ0n) is 11.8. The first-order chi connectivity index (χ1) is 10.3. The number of nitrogens with one attached hydrogen (secondary N) is 1. The van der Waals surface area contributed by atoms with Crippen molar-refractivity contribution in [1.29, 1.82) is 0 Å². The van der Waals surface area contributed by atoms with Gasteiger partial charge in [0.15, 0.2) is 11.5 Å². The van der Waals surface area contributed by atoms with Crippen LogP contribution in [0.4, 0.5) is 5.69 Å². The molecule has 2 aromatic rings. The molecule has 0 spiro atoms. The third kappa shape index (κ3) is 2.84. The fourth-order valence-corrected chi connectivity index (χ4v) is 2.23. The summed E-state index contributed by atoms with van der Waals surface area (Å²) in [6, 6.07) is 7.08. The van der Waals surface area contributed by atoms with Gasteiger partial charge in [0.05, 0.1) is 0 Å². The highest BCUT2D eigenvalue weighted by atomic mass is 16.6. The zero-order chi connectivity index (χ0) is 14.7. The van der Waals surface area contributed by atoms with E-state index < -0.39 is 0 Å². The molecule has 1 aliphatic rings. The third-order valence-corrected chi connectivity index (χ3v) is 3.18. The van der Waals surface area contributed by atoms with Crippen LogP contribution in [0.25, 0.3) is 0 Å². The van der Waals surface area contributed by atoms with Crippen LogP contribution >= 0.6 is 0 Å². The predicted molar refractivity (Wildman–Crippen MR) is 77.9 cm³/mol. The van der Waals surface area contributed by atoms with E-state index in [2.05, 4.69) is 10.4 Å². The molecule has 2 heterocycles. The van der Waals surface area contributed by atoms with Gasteiger partial charge < -0.3 is 14.8 Å². The molecule has 3 rings (SSSR count). The first kappa shape index (κ1) is 13.5. The second-order valence-electron chi connectivity index (χ2n) is 4.75. The summed E-state index contributed by atoms with van der Waals surface area (Å²) in [5, 5.41) is 7.01. The van der Waals surface area contributed by atoms with Gasteiger partial charge in [-0.2, -0.15) is 5.10 Å². The van der Waals surface area contributed by atoms with Gasteiger partial charge in [-0.3, -0.25) is 9.48 Å². The average Bonchev–Trinajstić information content (AvgIpc) is 2.96. The van der Waals surface area contributed by atoms with Crippen molar-refractivity contribution in [2.24, 2.45) is 0 Å². The number of carbonyl (C=O) groups excluding carboxylic acids is 1. The lowest BCUT2D eigenvalue weighted by Gasteiger charge is -2.19. The van der Waals surface area contributed by atoms with Gasteiger partial charge in [-0.05, 0) is 24.6 Å². The third-order valence-electron chi connectivity index (χ3n) is 3.18. The van der Waals surface area contributed by atoms with Crippen LogP contribution in [0.5, 0.6) is 11.5 Å². The molecule has 21 heavy (non-hydrogen) atoms. The number of benzene rings is 1. The van der Waals surface area contributed by atoms with E-state index in [1.54, 1.807) is 35.1 Å². The topological polar surface area (TPSA) is 65.4 Å². The molecule has 1 aromatic heterocycles. The van der Waals surface area contributed by atoms with Crippen LogP contribution in [0.15, 0.2) is 30.5 Å². The van der Waals surface area contributed by atoms with Gasteiger partial charge in [-0.15, -0.1) is 0 Å². The lowest BCUT2D eigenvalue weighted by molar-refractivity contribution is 0.101. The van der Waals surface area contributed by atoms with Gasteiger partial charge in [0, 0.05) is 24.5 Å². The van der Waals surface area contributed by atoms with Crippen molar-refractivity contribution in [2.45, 2.75) is 19.9 Å². The van der Waals surface area contributed by atoms with E-state index in [0.717, 1.165) is 13.0 Å². The summed E-state index contributed by atoms with van der Waals surface area (Å²) >= 11 is 0. The quantitative estimate of drug-likeness (QED) is 0.937. The Morgan fingerprint density at radius 2 is 2.10 bits per heavy atom. The number of nitrogens with zero attached hydrogens (tertiary/aromatic N) is 2. The normalized spacial score (nSPS) is 13.0. The van der Waals surface area contributed by atoms with Gasteiger partial charge in [0.25, 0.3) is 5.91 Å². The fourth-order valence-electron chi connectivity index (χ4n) is 2.23. The summed E-state index contributed by atoms with van der Waals surface area (Å²) in [4.78, 5) is 12.3. The number of hydrogen-bond donors (Lipinski definition) is 1. The van der Waals surface area contributed by atoms with E-state index >= 15 is 0 Å². The summed E-state index contributed by atoms with van der Waals surface area (Å²) in [6.07, 6.45) is 2.56. The zero-order valence-corrected chi connectivity index (χ0v) is 11.8. The minimum absolute atomic E-state index is 0.183. The fraction of sp³-hybridized carbons (Fsp3) is 0.333. The second kappa shape index (κ2) is 5.87. The molecule has 1 aliphatic heterocycles. The van der Waals surface area contributed by atoms with Gasteiger partial charge in [0.2, 0.25) is 0 Å². The first-order valence-corrected chi connectivity index (χ1v) is 7.00. The van der Waals surface area contributed by atoms with Crippen LogP contribution in [0.3, 0.4) is 0 Å². The number of aryl methyl sites for hydroxylation is 1. The standard InChI is InChI=1S/C15H17N3O3/c1-2-7-18-12(5-6-16-18)15(19)17-11-3-4-13-14(10-11)21-9-8-20-13/h3-6,10H,2,7-9H2,1H3,(H,17,19). The van der Waals surface area contributed by atoms with Crippen LogP contribution in [-0.2, 0) is 6.54 Å². The second-order valence-corrected chi connectivity index (χ2v) is 4.75. The molecule has 1 N–H and O–H groups in total. The Bertz CT molecular complexity index is 651. The number of hydrogen-bond acceptors (Lipinski definition) is 4. The molecule has 110 valence electrons. The summed E-state index contributed by atoms with van der Waals surface area (Å²) in [5.74, 6) is 1.18. The summed E-state index contributed by atoms with van der Waals surface area (Å²) in [6.45, 7) is 3.84. The summed E-state index contributed by atoms with van der Waals surface area (Å²) in [5.41, 5.74) is 1.22. The van der Waals surface area contributed by atoms with Crippen LogP contribution in [0, 0.1) is 0 Å². The summed E-state index contributed by atoms with van der Waals surface area (Å²) < 4.78 is 12.7. The number of anilines is 1. The number of fused-ring (bicyclic) bond motifs is 1. The smallest absolute Gasteiger partial charge is 0.273 e. The predicted octanol–water partition coefficient (Wildman–Crippen LogP) is 2.32. The number of amides is 1. The molecular weight excluding hydrogens is 270 g/mol. The van der Waals surface area contributed by atoms with Gasteiger partial charge in [-0.1, -0.05) is 6.92 Å². The van der Waals surface area contributed by atoms with E-state index in [1.165, 1.54) is 0 Å². The molecule has 1 amide bonds. The van der Waals surface area contributed by atoms with E-state index in [-0.39, 0.29) is 5.91 Å². The van der Waals surface area contributed by atoms with E-state index in [1.807, 2.05) is 6.92 Å². The highest BCUT2D eigenvalue weighted by molar-refractivity contribution is 6.03. The molecule has 6 heteroatoms. The van der Waals surface area contributed by atoms with Crippen molar-refractivity contribution in [2.75, 3.05) is 18.5 Å². The Balaban J connectivity index is 1.76. The SMILES string of the molecule is CCCn1nccc1C(=O)Nc1ccc2c(c1)OCCO2. The van der Waals surface area contributed by atoms with Crippen molar-refractivity contribution in [1.82, 2.24) is 9.78 Å². The number of aromatic nitrogens is 2. The minimum Gasteiger partial charge on any atom is -0.486 e. The maximum Gasteiger partial charge on any atom is 0.273 e. The summed E-state index contributed by atoms with van der Waals surface area (Å²) in [7, 11) is 0. The molecule has 1 aromatic carbocycles. The average molecular weight is 287 g/mol. The lowest BCUT2D eigenvalue weighted by Crippen LogP contribution is -2.19. The Morgan fingerprint density at radius 3 is 2.90 bits per heavy atom. The van der Waals surface area contributed by atoms with Gasteiger partial charge in [0.1, 0.15) is 18.9 Å². The Labute approximate surface area is 122 Å². The molecule has 0 fully saturated rings. The van der Waals surface area contributed by atoms with Gasteiger partial charge in [-0.25, -0.2) is 0 Å². The van der Waals surface area contributed by atoms with Crippen LogP contribution in [0.1, 0.15) is 23.8 Å². The van der Waals surface area contributed by atoms with E-state index in [0.29, 0.717) is 36.1 Å². The minimum atomic E-state index is -0.183. The monoisotopic (exact) mass is 287 g/mol. The molecule has 0 saturated heterocycles. The van der Waals surface area contributed by atoms with Gasteiger partial charge >= 0.3 is 0 Å². The number of rotatable bonds is 4. The Kier molecular flexibility index (Phi) is 3.77. The Morgan fingerprint density at radius 1 is 1.29 bits per heavy atom. The van der Waals surface area contributed by atoms with Crippen LogP contribution in [-0.4, -0.2) is 28.9 Å². The highest BCUT2D eigenvalue weighted by Crippen LogP contribution is 2.32. The van der Waals surface area contributed by atoms with Crippen molar-refractivity contribution in [3.8, 4) is 11.5 Å². The van der Waals surface area contributed by atoms with Crippen molar-refractivity contribution >= 4 is 11.6 Å². The molecule has 0 unspecified atom stereocenters. The molecule has 0 radical (unpaired) electrons. The molecular formula is C15H17N3O3. The number of ether oxygens (including phenoxy) is 2. The lowest BCUT2D eigenvalue weighted by atomic mass is 10.2. The molecule has 0 saturated carbocycles. The molecule has 0 atom stereocenters. The maximum absolute atomic E-state index is 12.3. The molecule has 6 nitrogen and oxygen atoms in total. The van der Waals surface area contributed by atoms with Crippen molar-refractivity contribution < 1.29 is 14.3 Å². The van der Waals surface area contributed by atoms with Crippen molar-refractivity contribution in [3.05, 3.63) is 36.2 Å². The van der Waals surface area contributed by atoms with Crippen LogP contribution in [0.2, 0.25) is 0 Å². The molecule has 0 aliphatic carbocycles. The largest absolute Gasteiger partial charge is 0.486 e.